The van der Waals surface area contributed by atoms with Gasteiger partial charge in [-0.3, -0.25) is 14.9 Å². The van der Waals surface area contributed by atoms with E-state index in [0.717, 1.165) is 24.8 Å². The van der Waals surface area contributed by atoms with E-state index in [1.807, 2.05) is 6.92 Å². The van der Waals surface area contributed by atoms with E-state index >= 15 is 0 Å². The molecular weight excluding hydrogens is 260 g/mol. The lowest BCUT2D eigenvalue weighted by molar-refractivity contribution is -0.384. The summed E-state index contributed by atoms with van der Waals surface area (Å²) >= 11 is 0. The Bertz CT molecular complexity index is 530. The van der Waals surface area contributed by atoms with Crippen molar-refractivity contribution in [3.05, 3.63) is 33.9 Å². The smallest absolute Gasteiger partial charge is 0.308 e. The number of nitrogens with zero attached hydrogens (tertiary/aromatic N) is 1. The molecule has 0 spiro atoms. The van der Waals surface area contributed by atoms with Crippen molar-refractivity contribution >= 4 is 17.3 Å². The summed E-state index contributed by atoms with van der Waals surface area (Å²) in [5.74, 6) is -1.23. The van der Waals surface area contributed by atoms with Crippen LogP contribution in [0.1, 0.15) is 31.2 Å². The Hall–Kier alpha value is -2.11. The molecule has 0 saturated heterocycles. The first-order valence-corrected chi connectivity index (χ1v) is 6.73. The van der Waals surface area contributed by atoms with Gasteiger partial charge in [-0.2, -0.15) is 0 Å². The zero-order valence-corrected chi connectivity index (χ0v) is 11.3. The van der Waals surface area contributed by atoms with Crippen molar-refractivity contribution in [1.29, 1.82) is 0 Å². The highest BCUT2D eigenvalue weighted by atomic mass is 16.6. The molecule has 2 atom stereocenters. The number of carboxylic acids is 1. The number of hydrogen-bond donors (Lipinski definition) is 2. The van der Waals surface area contributed by atoms with Crippen molar-refractivity contribution in [2.75, 3.05) is 5.32 Å². The Morgan fingerprint density at radius 2 is 2.10 bits per heavy atom. The predicted octanol–water partition coefficient (Wildman–Crippen LogP) is 2.96. The first-order chi connectivity index (χ1) is 9.49. The lowest BCUT2D eigenvalue weighted by atomic mass is 9.84. The molecule has 1 aliphatic carbocycles. The number of rotatable bonds is 4. The van der Waals surface area contributed by atoms with Crippen molar-refractivity contribution in [1.82, 2.24) is 0 Å². The number of aryl methyl sites for hydroxylation is 1. The molecule has 0 radical (unpaired) electrons. The van der Waals surface area contributed by atoms with Crippen LogP contribution >= 0.6 is 0 Å². The van der Waals surface area contributed by atoms with Crippen LogP contribution in [0.25, 0.3) is 0 Å². The van der Waals surface area contributed by atoms with Gasteiger partial charge in [-0.15, -0.1) is 0 Å². The number of aliphatic carboxylic acids is 1. The maximum Gasteiger partial charge on any atom is 0.308 e. The molecule has 0 aliphatic heterocycles. The molecule has 2 unspecified atom stereocenters. The summed E-state index contributed by atoms with van der Waals surface area (Å²) in [6.45, 7) is 1.85. The molecule has 1 fully saturated rings. The van der Waals surface area contributed by atoms with Crippen LogP contribution in [0.4, 0.5) is 11.4 Å². The minimum Gasteiger partial charge on any atom is -0.481 e. The molecule has 20 heavy (non-hydrogen) atoms. The third-order valence-corrected chi connectivity index (χ3v) is 3.86. The van der Waals surface area contributed by atoms with Gasteiger partial charge in [0.15, 0.2) is 0 Å². The molecule has 0 amide bonds. The summed E-state index contributed by atoms with van der Waals surface area (Å²) in [6.07, 6.45) is 3.33. The fraction of sp³-hybridized carbons (Fsp3) is 0.500. The van der Waals surface area contributed by atoms with E-state index in [-0.39, 0.29) is 11.7 Å². The third-order valence-electron chi connectivity index (χ3n) is 3.86. The number of nitro benzene ring substituents is 1. The number of nitro groups is 1. The standard InChI is InChI=1S/C14H18N2O4/c1-9-6-7-10(16(19)20)8-13(9)15-12-5-3-2-4-11(12)14(17)18/h6-8,11-12,15H,2-5H2,1H3,(H,17,18). The van der Waals surface area contributed by atoms with E-state index in [9.17, 15) is 20.0 Å². The first kappa shape index (κ1) is 14.3. The van der Waals surface area contributed by atoms with Gasteiger partial charge in [-0.1, -0.05) is 18.9 Å². The van der Waals surface area contributed by atoms with Crippen molar-refractivity contribution in [3.8, 4) is 0 Å². The summed E-state index contributed by atoms with van der Waals surface area (Å²) in [5.41, 5.74) is 1.54. The van der Waals surface area contributed by atoms with Gasteiger partial charge in [0.2, 0.25) is 0 Å². The van der Waals surface area contributed by atoms with Gasteiger partial charge in [0.25, 0.3) is 5.69 Å². The minimum absolute atomic E-state index is 0.0146. The molecule has 0 heterocycles. The number of non-ortho nitro benzene ring substituents is 1. The molecule has 0 aromatic heterocycles. The van der Waals surface area contributed by atoms with Crippen molar-refractivity contribution in [2.24, 2.45) is 5.92 Å². The van der Waals surface area contributed by atoms with E-state index in [4.69, 9.17) is 0 Å². The second kappa shape index (κ2) is 5.90. The highest BCUT2D eigenvalue weighted by Gasteiger charge is 2.31. The van der Waals surface area contributed by atoms with Crippen molar-refractivity contribution < 1.29 is 14.8 Å². The maximum absolute atomic E-state index is 11.3. The van der Waals surface area contributed by atoms with E-state index < -0.39 is 16.8 Å². The van der Waals surface area contributed by atoms with E-state index in [2.05, 4.69) is 5.32 Å². The summed E-state index contributed by atoms with van der Waals surface area (Å²) in [7, 11) is 0. The quantitative estimate of drug-likeness (QED) is 0.652. The Kier molecular flexibility index (Phi) is 4.22. The van der Waals surface area contributed by atoms with Gasteiger partial charge in [0.05, 0.1) is 10.8 Å². The van der Waals surface area contributed by atoms with Crippen LogP contribution in [-0.2, 0) is 4.79 Å². The van der Waals surface area contributed by atoms with Crippen molar-refractivity contribution in [3.63, 3.8) is 0 Å². The van der Waals surface area contributed by atoms with Crippen LogP contribution in [-0.4, -0.2) is 22.0 Å². The Labute approximate surface area is 117 Å². The fourth-order valence-corrected chi connectivity index (χ4v) is 2.68. The number of carbonyl (C=O) groups is 1. The van der Waals surface area contributed by atoms with Crippen molar-refractivity contribution in [2.45, 2.75) is 38.6 Å². The summed E-state index contributed by atoms with van der Waals surface area (Å²) in [4.78, 5) is 21.6. The highest BCUT2D eigenvalue weighted by molar-refractivity contribution is 5.72. The summed E-state index contributed by atoms with van der Waals surface area (Å²) in [5, 5.41) is 23.3. The number of hydrogen-bond acceptors (Lipinski definition) is 4. The van der Waals surface area contributed by atoms with Crippen LogP contribution in [0, 0.1) is 23.0 Å². The lowest BCUT2D eigenvalue weighted by Gasteiger charge is -2.30. The maximum atomic E-state index is 11.3. The van der Waals surface area contributed by atoms with Gasteiger partial charge >= 0.3 is 5.97 Å². The second-order valence-electron chi connectivity index (χ2n) is 5.24. The molecule has 1 aromatic rings. The molecule has 6 heteroatoms. The van der Waals surface area contributed by atoms with Gasteiger partial charge in [0.1, 0.15) is 0 Å². The van der Waals surface area contributed by atoms with E-state index in [1.54, 1.807) is 6.07 Å². The molecule has 1 saturated carbocycles. The van der Waals surface area contributed by atoms with E-state index in [1.165, 1.54) is 12.1 Å². The third kappa shape index (κ3) is 3.07. The van der Waals surface area contributed by atoms with Crippen LogP contribution in [0.5, 0.6) is 0 Å². The highest BCUT2D eigenvalue weighted by Crippen LogP contribution is 2.30. The number of nitrogens with one attached hydrogen (secondary N) is 1. The monoisotopic (exact) mass is 278 g/mol. The largest absolute Gasteiger partial charge is 0.481 e. The molecule has 1 aromatic carbocycles. The predicted molar refractivity (Wildman–Crippen MR) is 74.8 cm³/mol. The lowest BCUT2D eigenvalue weighted by Crippen LogP contribution is -2.37. The van der Waals surface area contributed by atoms with Gasteiger partial charge in [-0.25, -0.2) is 0 Å². The van der Waals surface area contributed by atoms with Gasteiger partial charge < -0.3 is 10.4 Å². The molecule has 6 nitrogen and oxygen atoms in total. The molecule has 0 bridgehead atoms. The average molecular weight is 278 g/mol. The topological polar surface area (TPSA) is 92.5 Å². The summed E-state index contributed by atoms with van der Waals surface area (Å²) in [6, 6.07) is 4.44. The molecule has 1 aliphatic rings. The average Bonchev–Trinajstić information content (AvgIpc) is 2.41. The summed E-state index contributed by atoms with van der Waals surface area (Å²) < 4.78 is 0. The number of anilines is 1. The normalized spacial score (nSPS) is 22.2. The number of benzene rings is 1. The minimum atomic E-state index is -0.801. The van der Waals surface area contributed by atoms with Crippen LogP contribution in [0.3, 0.4) is 0 Å². The second-order valence-corrected chi connectivity index (χ2v) is 5.24. The zero-order chi connectivity index (χ0) is 14.7. The van der Waals surface area contributed by atoms with Gasteiger partial charge in [-0.05, 0) is 25.3 Å². The van der Waals surface area contributed by atoms with Crippen LogP contribution in [0.15, 0.2) is 18.2 Å². The van der Waals surface area contributed by atoms with E-state index in [0.29, 0.717) is 12.1 Å². The fourth-order valence-electron chi connectivity index (χ4n) is 2.68. The molecular formula is C14H18N2O4. The Morgan fingerprint density at radius 3 is 2.75 bits per heavy atom. The number of carboxylic acid groups (broad SMARTS) is 1. The zero-order valence-electron chi connectivity index (χ0n) is 11.3. The first-order valence-electron chi connectivity index (χ1n) is 6.73. The molecule has 108 valence electrons. The van der Waals surface area contributed by atoms with Crippen LogP contribution < -0.4 is 5.32 Å². The van der Waals surface area contributed by atoms with Gasteiger partial charge in [0, 0.05) is 23.9 Å². The molecule has 2 N–H and O–H groups in total. The Morgan fingerprint density at radius 1 is 1.40 bits per heavy atom. The van der Waals surface area contributed by atoms with Crippen LogP contribution in [0.2, 0.25) is 0 Å². The SMILES string of the molecule is Cc1ccc([N+](=O)[O-])cc1NC1CCCCC1C(=O)O. The molecule has 2 rings (SSSR count). The Balaban J connectivity index is 2.21.